The summed E-state index contributed by atoms with van der Waals surface area (Å²) >= 11 is 1.39. The Kier molecular flexibility index (Phi) is 5.43. The number of hydrogen-bond donors (Lipinski definition) is 1. The number of amides is 1. The van der Waals surface area contributed by atoms with Crippen LogP contribution in [0.2, 0.25) is 0 Å². The van der Waals surface area contributed by atoms with E-state index in [-0.39, 0.29) is 11.7 Å². The number of thioether (sulfide) groups is 1. The average Bonchev–Trinajstić information content (AvgIpc) is 3.48. The Morgan fingerprint density at radius 3 is 2.54 bits per heavy atom. The fourth-order valence-electron chi connectivity index (χ4n) is 3.08. The van der Waals surface area contributed by atoms with Gasteiger partial charge in [-0.3, -0.25) is 4.79 Å². The van der Waals surface area contributed by atoms with Gasteiger partial charge in [-0.1, -0.05) is 42.1 Å². The quantitative estimate of drug-likeness (QED) is 0.584. The standard InChI is InChI=1S/C21H21FN4OS/c1-2-26-19(15-8-9-15)24-25-21(26)28-18(14-6-4-3-5-7-14)20(27)23-17-12-10-16(22)11-13-17/h3-7,10-13,15,18H,2,8-9H2,1H3,(H,23,27)/t18-/m0/s1. The number of halogens is 1. The molecule has 1 saturated carbocycles. The van der Waals surface area contributed by atoms with Gasteiger partial charge in [0.25, 0.3) is 0 Å². The minimum atomic E-state index is -0.493. The van der Waals surface area contributed by atoms with E-state index in [1.165, 1.54) is 23.9 Å². The summed E-state index contributed by atoms with van der Waals surface area (Å²) in [5.41, 5.74) is 1.44. The van der Waals surface area contributed by atoms with E-state index in [1.54, 1.807) is 12.1 Å². The van der Waals surface area contributed by atoms with Gasteiger partial charge in [0.05, 0.1) is 0 Å². The van der Waals surface area contributed by atoms with Gasteiger partial charge in [-0.15, -0.1) is 10.2 Å². The molecule has 1 aliphatic rings. The fourth-order valence-corrected chi connectivity index (χ4v) is 4.18. The second-order valence-electron chi connectivity index (χ2n) is 6.76. The first kappa shape index (κ1) is 18.7. The van der Waals surface area contributed by atoms with Crippen LogP contribution in [0.4, 0.5) is 10.1 Å². The van der Waals surface area contributed by atoms with E-state index in [4.69, 9.17) is 0 Å². The number of aromatic nitrogens is 3. The molecule has 0 saturated heterocycles. The van der Waals surface area contributed by atoms with Crippen LogP contribution in [-0.2, 0) is 11.3 Å². The van der Waals surface area contributed by atoms with Crippen LogP contribution >= 0.6 is 11.8 Å². The fraction of sp³-hybridized carbons (Fsp3) is 0.286. The number of anilines is 1. The van der Waals surface area contributed by atoms with Crippen molar-refractivity contribution in [3.63, 3.8) is 0 Å². The van der Waals surface area contributed by atoms with Gasteiger partial charge in [-0.25, -0.2) is 4.39 Å². The van der Waals surface area contributed by atoms with E-state index in [1.807, 2.05) is 30.3 Å². The van der Waals surface area contributed by atoms with Crippen molar-refractivity contribution in [2.24, 2.45) is 0 Å². The number of hydrogen-bond acceptors (Lipinski definition) is 4. The minimum Gasteiger partial charge on any atom is -0.325 e. The first-order chi connectivity index (χ1) is 13.7. The van der Waals surface area contributed by atoms with E-state index >= 15 is 0 Å². The number of nitrogens with one attached hydrogen (secondary N) is 1. The lowest BCUT2D eigenvalue weighted by atomic mass is 10.1. The summed E-state index contributed by atoms with van der Waals surface area (Å²) in [7, 11) is 0. The molecule has 144 valence electrons. The Morgan fingerprint density at radius 2 is 1.89 bits per heavy atom. The molecule has 1 fully saturated rings. The monoisotopic (exact) mass is 396 g/mol. The van der Waals surface area contributed by atoms with Crippen molar-refractivity contribution in [1.82, 2.24) is 14.8 Å². The third-order valence-corrected chi connectivity index (χ3v) is 5.91. The molecular formula is C21H21FN4OS. The Bertz CT molecular complexity index is 954. The molecule has 0 unspecified atom stereocenters. The molecule has 1 aliphatic carbocycles. The average molecular weight is 396 g/mol. The van der Waals surface area contributed by atoms with Gasteiger partial charge in [0, 0.05) is 18.2 Å². The van der Waals surface area contributed by atoms with Crippen molar-refractivity contribution < 1.29 is 9.18 Å². The smallest absolute Gasteiger partial charge is 0.242 e. The first-order valence-electron chi connectivity index (χ1n) is 9.37. The molecule has 1 amide bonds. The van der Waals surface area contributed by atoms with Crippen LogP contribution < -0.4 is 5.32 Å². The molecule has 1 heterocycles. The van der Waals surface area contributed by atoms with E-state index in [0.717, 1.165) is 35.9 Å². The zero-order chi connectivity index (χ0) is 19.5. The number of rotatable bonds is 7. The highest BCUT2D eigenvalue weighted by Crippen LogP contribution is 2.42. The highest BCUT2D eigenvalue weighted by Gasteiger charge is 2.31. The molecule has 28 heavy (non-hydrogen) atoms. The van der Waals surface area contributed by atoms with Crippen molar-refractivity contribution in [1.29, 1.82) is 0 Å². The number of nitrogens with zero attached hydrogens (tertiary/aromatic N) is 3. The summed E-state index contributed by atoms with van der Waals surface area (Å²) < 4.78 is 15.3. The molecule has 0 aliphatic heterocycles. The largest absolute Gasteiger partial charge is 0.325 e. The van der Waals surface area contributed by atoms with Crippen molar-refractivity contribution in [2.75, 3.05) is 5.32 Å². The molecule has 3 aromatic rings. The third kappa shape index (κ3) is 4.09. The van der Waals surface area contributed by atoms with Crippen LogP contribution in [0.1, 0.15) is 42.3 Å². The number of carbonyl (C=O) groups is 1. The normalized spacial score (nSPS) is 14.6. The second-order valence-corrected chi connectivity index (χ2v) is 7.84. The SMILES string of the molecule is CCn1c(S[C@H](C(=O)Nc2ccc(F)cc2)c2ccccc2)nnc1C1CC1. The molecule has 0 bridgehead atoms. The highest BCUT2D eigenvalue weighted by atomic mass is 32.2. The summed E-state index contributed by atoms with van der Waals surface area (Å²) in [5, 5.41) is 11.9. The zero-order valence-electron chi connectivity index (χ0n) is 15.5. The molecule has 1 aromatic heterocycles. The van der Waals surface area contributed by atoms with Crippen LogP contribution in [0.3, 0.4) is 0 Å². The van der Waals surface area contributed by atoms with E-state index in [9.17, 15) is 9.18 Å². The van der Waals surface area contributed by atoms with Crippen LogP contribution in [0.15, 0.2) is 59.8 Å². The summed E-state index contributed by atoms with van der Waals surface area (Å²) in [6.07, 6.45) is 2.30. The van der Waals surface area contributed by atoms with E-state index in [0.29, 0.717) is 11.6 Å². The maximum Gasteiger partial charge on any atom is 0.242 e. The molecule has 7 heteroatoms. The van der Waals surface area contributed by atoms with Crippen LogP contribution in [-0.4, -0.2) is 20.7 Å². The predicted octanol–water partition coefficient (Wildman–Crippen LogP) is 4.79. The number of carbonyl (C=O) groups excluding carboxylic acids is 1. The van der Waals surface area contributed by atoms with Crippen LogP contribution in [0.25, 0.3) is 0 Å². The Morgan fingerprint density at radius 1 is 1.18 bits per heavy atom. The molecule has 0 spiro atoms. The van der Waals surface area contributed by atoms with Crippen molar-refractivity contribution in [3.8, 4) is 0 Å². The first-order valence-corrected chi connectivity index (χ1v) is 10.2. The Labute approximate surface area is 167 Å². The van der Waals surface area contributed by atoms with Crippen LogP contribution in [0, 0.1) is 5.82 Å². The van der Waals surface area contributed by atoms with Gasteiger partial charge in [0.2, 0.25) is 5.91 Å². The van der Waals surface area contributed by atoms with Gasteiger partial charge >= 0.3 is 0 Å². The van der Waals surface area contributed by atoms with Gasteiger partial charge in [0.1, 0.15) is 16.9 Å². The molecule has 1 N–H and O–H groups in total. The van der Waals surface area contributed by atoms with Crippen molar-refractivity contribution in [2.45, 2.75) is 42.6 Å². The minimum absolute atomic E-state index is 0.179. The highest BCUT2D eigenvalue weighted by molar-refractivity contribution is 8.00. The maximum atomic E-state index is 13.2. The van der Waals surface area contributed by atoms with Gasteiger partial charge in [-0.2, -0.15) is 0 Å². The van der Waals surface area contributed by atoms with Crippen molar-refractivity contribution in [3.05, 3.63) is 71.8 Å². The number of benzene rings is 2. The lowest BCUT2D eigenvalue weighted by molar-refractivity contribution is -0.115. The van der Waals surface area contributed by atoms with E-state index in [2.05, 4.69) is 27.0 Å². The molecular weight excluding hydrogens is 375 g/mol. The summed E-state index contributed by atoms with van der Waals surface area (Å²) in [5.74, 6) is 0.984. The topological polar surface area (TPSA) is 59.8 Å². The van der Waals surface area contributed by atoms with Gasteiger partial charge in [-0.05, 0) is 49.6 Å². The van der Waals surface area contributed by atoms with Gasteiger partial charge in [0.15, 0.2) is 5.16 Å². The molecule has 5 nitrogen and oxygen atoms in total. The summed E-state index contributed by atoms with van der Waals surface area (Å²) in [6.45, 7) is 2.83. The summed E-state index contributed by atoms with van der Waals surface area (Å²) in [4.78, 5) is 13.1. The predicted molar refractivity (Wildman–Crippen MR) is 108 cm³/mol. The maximum absolute atomic E-state index is 13.2. The van der Waals surface area contributed by atoms with Gasteiger partial charge < -0.3 is 9.88 Å². The lowest BCUT2D eigenvalue weighted by Gasteiger charge is -2.17. The third-order valence-electron chi connectivity index (χ3n) is 4.68. The Balaban J connectivity index is 1.61. The zero-order valence-corrected chi connectivity index (χ0v) is 16.3. The molecule has 2 aromatic carbocycles. The lowest BCUT2D eigenvalue weighted by Crippen LogP contribution is -2.19. The van der Waals surface area contributed by atoms with E-state index < -0.39 is 5.25 Å². The molecule has 1 atom stereocenters. The molecule has 0 radical (unpaired) electrons. The second kappa shape index (κ2) is 8.14. The molecule has 4 rings (SSSR count). The Hall–Kier alpha value is -2.67. The summed E-state index contributed by atoms with van der Waals surface area (Å²) in [6, 6.07) is 15.4. The van der Waals surface area contributed by atoms with Crippen molar-refractivity contribution >= 4 is 23.4 Å². The van der Waals surface area contributed by atoms with Crippen LogP contribution in [0.5, 0.6) is 0 Å².